The van der Waals surface area contributed by atoms with Gasteiger partial charge in [-0.3, -0.25) is 0 Å². The van der Waals surface area contributed by atoms with Gasteiger partial charge in [0.25, 0.3) is 0 Å². The highest BCUT2D eigenvalue weighted by atomic mass is 32.2. The Bertz CT molecular complexity index is 238. The first-order valence-electron chi connectivity index (χ1n) is 4.38. The van der Waals surface area contributed by atoms with Crippen LogP contribution >= 0.6 is 0 Å². The molecule has 1 rings (SSSR count). The van der Waals surface area contributed by atoms with Crippen LogP contribution in [-0.2, 0) is 15.7 Å². The molecular formula is C9H17NO2S. The van der Waals surface area contributed by atoms with Crippen molar-refractivity contribution >= 4 is 17.2 Å². The summed E-state index contributed by atoms with van der Waals surface area (Å²) in [7, 11) is -1.14. The molecule has 0 amide bonds. The first kappa shape index (κ1) is 10.9. The summed E-state index contributed by atoms with van der Waals surface area (Å²) in [4.78, 5) is 0. The number of rotatable bonds is 2. The third-order valence-electron chi connectivity index (χ3n) is 1.85. The minimum Gasteiger partial charge on any atom is -0.379 e. The van der Waals surface area contributed by atoms with Gasteiger partial charge in [0.2, 0.25) is 0 Å². The molecule has 1 saturated heterocycles. The van der Waals surface area contributed by atoms with Gasteiger partial charge in [0.05, 0.1) is 23.4 Å². The standard InChI is InChI=1S/C9H17NO2S/c1-8(2,3)13(11)10-5-9(4)6-12-7-9/h5H,6-7H2,1-4H3. The fraction of sp³-hybridized carbons (Fsp3) is 0.889. The van der Waals surface area contributed by atoms with Crippen molar-refractivity contribution in [3.8, 4) is 0 Å². The topological polar surface area (TPSA) is 38.7 Å². The minimum absolute atomic E-state index is 0.0148. The maximum absolute atomic E-state index is 11.5. The molecule has 0 saturated carbocycles. The summed E-state index contributed by atoms with van der Waals surface area (Å²) >= 11 is 0. The smallest absolute Gasteiger partial charge is 0.144 e. The zero-order valence-corrected chi connectivity index (χ0v) is 9.48. The molecule has 3 nitrogen and oxygen atoms in total. The fourth-order valence-corrected chi connectivity index (χ4v) is 1.50. The van der Waals surface area contributed by atoms with E-state index < -0.39 is 11.0 Å². The van der Waals surface area contributed by atoms with Gasteiger partial charge in [-0.15, -0.1) is 0 Å². The highest BCUT2D eigenvalue weighted by molar-refractivity contribution is 7.85. The normalized spacial score (nSPS) is 24.3. The lowest BCUT2D eigenvalue weighted by molar-refractivity contribution is -0.0553. The fourth-order valence-electron chi connectivity index (χ4n) is 0.832. The van der Waals surface area contributed by atoms with Gasteiger partial charge < -0.3 is 4.74 Å². The molecule has 0 aliphatic carbocycles. The van der Waals surface area contributed by atoms with Gasteiger partial charge in [-0.2, -0.15) is 4.40 Å². The molecular weight excluding hydrogens is 186 g/mol. The molecule has 76 valence electrons. The second-order valence-corrected chi connectivity index (χ2v) is 6.68. The highest BCUT2D eigenvalue weighted by Gasteiger charge is 2.32. The van der Waals surface area contributed by atoms with Crippen molar-refractivity contribution in [3.05, 3.63) is 0 Å². The van der Waals surface area contributed by atoms with Gasteiger partial charge in [0.1, 0.15) is 11.0 Å². The largest absolute Gasteiger partial charge is 0.379 e. The van der Waals surface area contributed by atoms with Crippen molar-refractivity contribution in [2.75, 3.05) is 13.2 Å². The molecule has 0 bridgehead atoms. The second kappa shape index (κ2) is 3.50. The van der Waals surface area contributed by atoms with Crippen LogP contribution in [0.1, 0.15) is 27.7 Å². The molecule has 1 fully saturated rings. The average Bonchev–Trinajstić information content (AvgIpc) is 1.94. The van der Waals surface area contributed by atoms with Gasteiger partial charge in [0, 0.05) is 6.21 Å². The first-order chi connectivity index (χ1) is 5.83. The number of hydrogen-bond acceptors (Lipinski definition) is 2. The van der Waals surface area contributed by atoms with E-state index in [1.807, 2.05) is 20.8 Å². The predicted octanol–water partition coefficient (Wildman–Crippen LogP) is 1.56. The first-order valence-corrected chi connectivity index (χ1v) is 5.49. The molecule has 1 aliphatic heterocycles. The zero-order valence-electron chi connectivity index (χ0n) is 8.66. The zero-order chi connectivity index (χ0) is 10.1. The van der Waals surface area contributed by atoms with Gasteiger partial charge in [-0.05, 0) is 20.8 Å². The van der Waals surface area contributed by atoms with Crippen molar-refractivity contribution in [3.63, 3.8) is 0 Å². The molecule has 0 N–H and O–H groups in total. The van der Waals surface area contributed by atoms with Crippen molar-refractivity contribution in [2.24, 2.45) is 9.81 Å². The Labute approximate surface area is 82.2 Å². The van der Waals surface area contributed by atoms with E-state index >= 15 is 0 Å². The van der Waals surface area contributed by atoms with Crippen LogP contribution in [0, 0.1) is 5.41 Å². The molecule has 1 aliphatic rings. The lowest BCUT2D eigenvalue weighted by Gasteiger charge is -2.34. The van der Waals surface area contributed by atoms with Gasteiger partial charge in [-0.25, -0.2) is 4.21 Å². The van der Waals surface area contributed by atoms with Crippen LogP contribution in [0.25, 0.3) is 0 Å². The molecule has 13 heavy (non-hydrogen) atoms. The molecule has 0 spiro atoms. The third kappa shape index (κ3) is 2.88. The van der Waals surface area contributed by atoms with Gasteiger partial charge in [0.15, 0.2) is 0 Å². The van der Waals surface area contributed by atoms with Crippen molar-refractivity contribution < 1.29 is 8.95 Å². The maximum atomic E-state index is 11.5. The Morgan fingerprint density at radius 2 is 2.00 bits per heavy atom. The van der Waals surface area contributed by atoms with E-state index in [0.717, 1.165) is 0 Å². The summed E-state index contributed by atoms with van der Waals surface area (Å²) in [6, 6.07) is 0. The van der Waals surface area contributed by atoms with Crippen LogP contribution in [0.15, 0.2) is 4.40 Å². The van der Waals surface area contributed by atoms with Crippen LogP contribution in [0.4, 0.5) is 0 Å². The van der Waals surface area contributed by atoms with Crippen LogP contribution in [-0.4, -0.2) is 28.4 Å². The quantitative estimate of drug-likeness (QED) is 0.639. The molecule has 4 heteroatoms. The second-order valence-electron chi connectivity index (χ2n) is 4.74. The van der Waals surface area contributed by atoms with Crippen LogP contribution in [0.5, 0.6) is 0 Å². The summed E-state index contributed by atoms with van der Waals surface area (Å²) < 4.78 is 20.4. The molecule has 1 heterocycles. The Balaban J connectivity index is 2.53. The van der Waals surface area contributed by atoms with E-state index in [4.69, 9.17) is 4.74 Å². The van der Waals surface area contributed by atoms with E-state index in [9.17, 15) is 4.21 Å². The van der Waals surface area contributed by atoms with E-state index in [2.05, 4.69) is 11.3 Å². The van der Waals surface area contributed by atoms with E-state index in [1.54, 1.807) is 6.21 Å². The van der Waals surface area contributed by atoms with Crippen molar-refractivity contribution in [1.29, 1.82) is 0 Å². The predicted molar refractivity (Wildman–Crippen MR) is 55.3 cm³/mol. The number of ether oxygens (including phenoxy) is 1. The summed E-state index contributed by atoms with van der Waals surface area (Å²) in [6.45, 7) is 9.19. The van der Waals surface area contributed by atoms with E-state index in [0.29, 0.717) is 13.2 Å². The van der Waals surface area contributed by atoms with Gasteiger partial charge in [-0.1, -0.05) is 6.92 Å². The molecule has 0 aromatic rings. The number of hydrogen-bond donors (Lipinski definition) is 0. The third-order valence-corrected chi connectivity index (χ3v) is 3.19. The van der Waals surface area contributed by atoms with Crippen molar-refractivity contribution in [1.82, 2.24) is 0 Å². The lowest BCUT2D eigenvalue weighted by atomic mass is 9.91. The minimum atomic E-state index is -1.14. The average molecular weight is 203 g/mol. The maximum Gasteiger partial charge on any atom is 0.144 e. The molecule has 0 aromatic carbocycles. The number of nitrogens with zero attached hydrogens (tertiary/aromatic N) is 1. The van der Waals surface area contributed by atoms with Crippen molar-refractivity contribution in [2.45, 2.75) is 32.4 Å². The Morgan fingerprint density at radius 1 is 1.46 bits per heavy atom. The SMILES string of the molecule is CC1(C=NS(=O)C(C)(C)C)COC1. The summed E-state index contributed by atoms with van der Waals surface area (Å²) in [5.41, 5.74) is 0.0148. The monoisotopic (exact) mass is 203 g/mol. The Morgan fingerprint density at radius 3 is 2.31 bits per heavy atom. The lowest BCUT2D eigenvalue weighted by Crippen LogP contribution is -2.41. The summed E-state index contributed by atoms with van der Waals surface area (Å²) in [5.74, 6) is 0. The Hall–Kier alpha value is -0.220. The van der Waals surface area contributed by atoms with Crippen LogP contribution < -0.4 is 0 Å². The van der Waals surface area contributed by atoms with E-state index in [1.165, 1.54) is 0 Å². The molecule has 0 aromatic heterocycles. The van der Waals surface area contributed by atoms with Crippen LogP contribution in [0.2, 0.25) is 0 Å². The Kier molecular flexibility index (Phi) is 2.92. The highest BCUT2D eigenvalue weighted by Crippen LogP contribution is 2.24. The molecule has 1 atom stereocenters. The summed E-state index contributed by atoms with van der Waals surface area (Å²) in [6.07, 6.45) is 1.78. The molecule has 0 radical (unpaired) electrons. The molecule has 1 unspecified atom stereocenters. The van der Waals surface area contributed by atoms with Gasteiger partial charge >= 0.3 is 0 Å². The summed E-state index contributed by atoms with van der Waals surface area (Å²) in [5, 5.41) is 0. The van der Waals surface area contributed by atoms with E-state index in [-0.39, 0.29) is 10.2 Å². The van der Waals surface area contributed by atoms with Crippen LogP contribution in [0.3, 0.4) is 0 Å².